The van der Waals surface area contributed by atoms with Crippen molar-refractivity contribution in [2.24, 2.45) is 9.98 Å². The van der Waals surface area contributed by atoms with E-state index in [0.29, 0.717) is 157 Å². The van der Waals surface area contributed by atoms with Gasteiger partial charge in [0, 0.05) is 163 Å². The number of carbonyl (C=O) groups is 6. The highest BCUT2D eigenvalue weighted by Gasteiger charge is 2.45. The number of esters is 2. The van der Waals surface area contributed by atoms with Crippen molar-refractivity contribution in [3.05, 3.63) is 233 Å². The summed E-state index contributed by atoms with van der Waals surface area (Å²) < 4.78 is 55.9. The van der Waals surface area contributed by atoms with Gasteiger partial charge in [0.05, 0.1) is 49.6 Å². The van der Waals surface area contributed by atoms with Gasteiger partial charge in [0.25, 0.3) is 11.8 Å². The maximum Gasteiger partial charge on any atom is 0.338 e. The van der Waals surface area contributed by atoms with Gasteiger partial charge in [0.1, 0.15) is 46.7 Å². The van der Waals surface area contributed by atoms with Crippen molar-refractivity contribution in [1.29, 1.82) is 0 Å². The molecule has 4 saturated heterocycles. The van der Waals surface area contributed by atoms with E-state index in [9.17, 15) is 42.7 Å². The van der Waals surface area contributed by atoms with Crippen molar-refractivity contribution in [3.8, 4) is 23.0 Å². The van der Waals surface area contributed by atoms with Gasteiger partial charge in [-0.05, 0) is 155 Å². The van der Waals surface area contributed by atoms with Crippen LogP contribution >= 0.6 is 45.9 Å². The third kappa shape index (κ3) is 18.2. The number of benzene rings is 6. The molecule has 0 bridgehead atoms. The number of hydrogen-bond donors (Lipinski definition) is 5. The van der Waals surface area contributed by atoms with E-state index < -0.39 is 46.7 Å². The Hall–Kier alpha value is -10.7. The lowest BCUT2D eigenvalue weighted by Gasteiger charge is -2.38. The Morgan fingerprint density at radius 1 is 0.554 bits per heavy atom. The lowest BCUT2D eigenvalue weighted by Crippen LogP contribution is -2.53. The molecule has 4 fully saturated rings. The van der Waals surface area contributed by atoms with Crippen LogP contribution in [0, 0.1) is 11.6 Å². The standard InChI is InChI=1S/2C40H41ClFN7O6S/c1-40(2,23-53-3)46-36(50)24-5-10-28(11-6-24)55-29-12-8-26(9-13-29)49-21-27-20-47(16-17-48(27)39(49)52)22-32-33(38(51)54-4)34(30-14-7-25(42)19-31(30)41)45-35(44-32)37-43-15-18-56-37;1-40(2,14-18-50)46-36(51)24-4-9-28(10-5-24)55-29-11-7-26(8-12-29)49-22-27-21-47(16-17-48(27)39(49)53)23-32-33(38(52)54-3)34(30-13-6-25(42)20-31(30)41)45-35(44-32)37-43-15-19-56-37/h5-15,18-19,27,34H,16-17,20-23H2,1-4H3,(H,44,45)(H,46,50);4-13,15,19-20,27,34,50H,14,16-18,21-23H2,1-3H3,(H,44,45)(H,46,51)/t2*27-,34-/m00/s1. The average molecular weight is 1600 g/mol. The molecule has 2 aromatic heterocycles. The minimum atomic E-state index is -0.871. The van der Waals surface area contributed by atoms with Crippen LogP contribution in [0.2, 0.25) is 10.0 Å². The minimum Gasteiger partial charge on any atom is -0.466 e. The molecule has 8 aromatic rings. The first kappa shape index (κ1) is 79.4. The molecule has 112 heavy (non-hydrogen) atoms. The number of rotatable bonds is 24. The molecule has 6 amide bonds. The van der Waals surface area contributed by atoms with Gasteiger partial charge in [0.15, 0.2) is 21.7 Å². The van der Waals surface area contributed by atoms with Crippen LogP contribution < -0.4 is 40.5 Å². The predicted octanol–water partition coefficient (Wildman–Crippen LogP) is 11.8. The smallest absolute Gasteiger partial charge is 0.338 e. The fraction of sp³-hybridized carbons (Fsp3) is 0.325. The van der Waals surface area contributed by atoms with Crippen LogP contribution in [0.25, 0.3) is 0 Å². The van der Waals surface area contributed by atoms with Gasteiger partial charge in [-0.15, -0.1) is 22.7 Å². The molecule has 26 nitrogen and oxygen atoms in total. The molecule has 0 aliphatic carbocycles. The molecule has 6 aliphatic heterocycles. The number of urea groups is 2. The number of halogens is 4. The molecule has 0 unspecified atom stereocenters. The highest BCUT2D eigenvalue weighted by Crippen LogP contribution is 2.41. The topological polar surface area (TPSA) is 287 Å². The van der Waals surface area contributed by atoms with Gasteiger partial charge in [-0.3, -0.25) is 39.2 Å². The molecule has 5 N–H and O–H groups in total. The molecule has 4 atom stereocenters. The van der Waals surface area contributed by atoms with Crippen LogP contribution in [0.3, 0.4) is 0 Å². The molecule has 0 saturated carbocycles. The maximum absolute atomic E-state index is 14.1. The number of ether oxygens (including phenoxy) is 5. The first-order valence-corrected chi connectivity index (χ1v) is 38.5. The van der Waals surface area contributed by atoms with Crippen LogP contribution in [0.1, 0.15) is 88.1 Å². The molecule has 584 valence electrons. The van der Waals surface area contributed by atoms with Gasteiger partial charge < -0.3 is 59.9 Å². The Balaban J connectivity index is 0.000000196. The number of fused-ring (bicyclic) bond motifs is 2. The molecule has 8 heterocycles. The minimum absolute atomic E-state index is 0.0234. The third-order valence-corrected chi connectivity index (χ3v) is 21.8. The predicted molar refractivity (Wildman–Crippen MR) is 422 cm³/mol. The van der Waals surface area contributed by atoms with E-state index in [-0.39, 0.29) is 63.8 Å². The summed E-state index contributed by atoms with van der Waals surface area (Å²) in [6.07, 6.45) is 3.77. The zero-order valence-electron chi connectivity index (χ0n) is 62.3. The fourth-order valence-corrected chi connectivity index (χ4v) is 15.9. The van der Waals surface area contributed by atoms with Gasteiger partial charge in [-0.2, -0.15) is 0 Å². The van der Waals surface area contributed by atoms with E-state index in [2.05, 4.69) is 41.0 Å². The summed E-state index contributed by atoms with van der Waals surface area (Å²) in [6, 6.07) is 34.1. The first-order chi connectivity index (χ1) is 53.8. The number of amidine groups is 2. The second kappa shape index (κ2) is 34.5. The number of aliphatic hydroxyl groups is 1. The summed E-state index contributed by atoms with van der Waals surface area (Å²) in [7, 11) is 4.20. The van der Waals surface area contributed by atoms with Gasteiger partial charge in [-0.25, -0.2) is 37.9 Å². The van der Waals surface area contributed by atoms with Crippen molar-refractivity contribution in [1.82, 2.24) is 50.8 Å². The van der Waals surface area contributed by atoms with Crippen molar-refractivity contribution in [2.45, 2.75) is 69.4 Å². The first-order valence-electron chi connectivity index (χ1n) is 36.0. The number of amides is 6. The summed E-state index contributed by atoms with van der Waals surface area (Å²) in [6.45, 7) is 12.6. The second-order valence-electron chi connectivity index (χ2n) is 28.6. The highest BCUT2D eigenvalue weighted by atomic mass is 35.5. The summed E-state index contributed by atoms with van der Waals surface area (Å²) in [4.78, 5) is 110. The van der Waals surface area contributed by atoms with Gasteiger partial charge in [0.2, 0.25) is 0 Å². The quantitative estimate of drug-likeness (QED) is 0.0351. The number of aliphatic hydroxyl groups excluding tert-OH is 1. The molecule has 0 spiro atoms. The number of aliphatic imine (C=N–C) groups is 2. The van der Waals surface area contributed by atoms with Crippen molar-refractivity contribution in [2.75, 3.05) is 110 Å². The Labute approximate surface area is 663 Å². The average Bonchev–Trinajstić information content (AvgIpc) is 1.12. The number of anilines is 2. The molecule has 6 aliphatic rings. The number of methoxy groups -OCH3 is 3. The summed E-state index contributed by atoms with van der Waals surface area (Å²) in [5.74, 6) is 0.555. The third-order valence-electron chi connectivity index (χ3n) is 19.6. The summed E-state index contributed by atoms with van der Waals surface area (Å²) in [5.41, 5.74) is 3.96. The van der Waals surface area contributed by atoms with E-state index in [1.165, 1.54) is 73.3 Å². The number of nitrogens with one attached hydrogen (secondary N) is 4. The Bertz CT molecular complexity index is 4630. The molecular formula is C80H82Cl2F2N14O12S2. The Kier molecular flexibility index (Phi) is 24.5. The van der Waals surface area contributed by atoms with Crippen LogP contribution in [0.15, 0.2) is 189 Å². The Morgan fingerprint density at radius 3 is 1.30 bits per heavy atom. The molecule has 0 radical (unpaired) electrons. The molecule has 6 aromatic carbocycles. The maximum atomic E-state index is 14.1. The lowest BCUT2D eigenvalue weighted by atomic mass is 9.95. The number of piperazine rings is 2. The van der Waals surface area contributed by atoms with Crippen LogP contribution in [0.4, 0.5) is 29.7 Å². The van der Waals surface area contributed by atoms with Gasteiger partial charge >= 0.3 is 24.0 Å². The van der Waals surface area contributed by atoms with E-state index in [0.717, 1.165) is 11.4 Å². The molecular weight excluding hydrogens is 1520 g/mol. The Morgan fingerprint density at radius 2 is 0.946 bits per heavy atom. The number of aromatic nitrogens is 2. The number of thiazole rings is 2. The number of hydrogen-bond acceptors (Lipinski definition) is 22. The van der Waals surface area contributed by atoms with E-state index >= 15 is 0 Å². The SMILES string of the molecule is COC(=O)C1=C(CN2CCN3C(=O)N(c4ccc(Oc5ccc(C(=O)NC(C)(C)CCO)cc5)cc4)C[C@@H]3C2)NC(c2nccs2)=N[C@H]1c1ccc(F)cc1Cl.COCC(C)(C)NC(=O)c1ccc(Oc2ccc(N3C[C@@H]4CN(CC5=C(C(=O)OC)[C@H](c6ccc(F)cc6Cl)N=C(c6nccs6)N5)CCN4C3=O)cc2)cc1. The van der Waals surface area contributed by atoms with E-state index in [4.69, 9.17) is 56.9 Å². The zero-order valence-corrected chi connectivity index (χ0v) is 65.4. The highest BCUT2D eigenvalue weighted by molar-refractivity contribution is 7.12. The van der Waals surface area contributed by atoms with E-state index in [1.807, 2.05) is 72.5 Å². The molecule has 14 rings (SSSR count). The van der Waals surface area contributed by atoms with Crippen molar-refractivity contribution < 1.29 is 66.3 Å². The second-order valence-corrected chi connectivity index (χ2v) is 31.2. The zero-order chi connectivity index (χ0) is 79.1. The summed E-state index contributed by atoms with van der Waals surface area (Å²) >= 11 is 15.8. The monoisotopic (exact) mass is 1600 g/mol. The largest absolute Gasteiger partial charge is 0.466 e. The van der Waals surface area contributed by atoms with Crippen molar-refractivity contribution >= 4 is 105 Å². The normalized spacial score (nSPS) is 18.7. The van der Waals surface area contributed by atoms with Crippen molar-refractivity contribution in [3.63, 3.8) is 0 Å². The lowest BCUT2D eigenvalue weighted by molar-refractivity contribution is -0.137. The number of carbonyl (C=O) groups excluding carboxylic acids is 6. The summed E-state index contributed by atoms with van der Waals surface area (Å²) in [5, 5.41) is 27.0. The number of nitrogens with zero attached hydrogens (tertiary/aromatic N) is 10. The fourth-order valence-electron chi connectivity index (χ4n) is 14.2. The van der Waals surface area contributed by atoms with Crippen LogP contribution in [-0.2, 0) is 23.8 Å². The molecule has 32 heteroatoms. The van der Waals surface area contributed by atoms with Crippen LogP contribution in [0.5, 0.6) is 23.0 Å². The van der Waals surface area contributed by atoms with Crippen LogP contribution in [-0.4, -0.2) is 205 Å². The van der Waals surface area contributed by atoms with E-state index in [1.54, 1.807) is 102 Å². The van der Waals surface area contributed by atoms with Gasteiger partial charge in [-0.1, -0.05) is 35.3 Å².